The molecule has 1 fully saturated rings. The highest BCUT2D eigenvalue weighted by molar-refractivity contribution is 6.02. The Labute approximate surface area is 842 Å². The van der Waals surface area contributed by atoms with Gasteiger partial charge in [0.1, 0.15) is 97.2 Å². The summed E-state index contributed by atoms with van der Waals surface area (Å²) in [6.45, 7) is 22.3. The number of benzene rings is 1. The minimum Gasteiger partial charge on any atom is -0.481 e. The topological polar surface area (TPSA) is 793 Å². The van der Waals surface area contributed by atoms with Crippen molar-refractivity contribution in [3.05, 3.63) is 72.3 Å². The minimum atomic E-state index is -1.88. The van der Waals surface area contributed by atoms with E-state index in [0.717, 1.165) is 4.90 Å². The number of hydrogen-bond acceptors (Lipinski definition) is 26. The molecule has 0 radical (unpaired) electrons. The molecule has 1 aromatic carbocycles. The molecule has 29 N–H and O–H groups in total. The Balaban J connectivity index is 1.58. The highest BCUT2D eigenvalue weighted by atomic mass is 16.4. The maximum Gasteiger partial charge on any atom is 0.322 e. The van der Waals surface area contributed by atoms with Crippen LogP contribution in [0.5, 0.6) is 0 Å². The van der Waals surface area contributed by atoms with Crippen molar-refractivity contribution < 1.29 is 121 Å². The number of nitrogens with one attached hydrogen (secondary N) is 18. The van der Waals surface area contributed by atoms with Crippen LogP contribution >= 0.6 is 0 Å². The number of aromatic amines is 2. The molecule has 806 valence electrons. The zero-order chi connectivity index (χ0) is 109. The molecule has 1 aliphatic heterocycles. The van der Waals surface area contributed by atoms with Crippen LogP contribution in [0.2, 0.25) is 0 Å². The van der Waals surface area contributed by atoms with Gasteiger partial charge in [0.05, 0.1) is 31.7 Å². The fraction of sp³-hybridized carbons (Fsp3) is 0.642. The minimum absolute atomic E-state index is 0.0117. The Kier molecular flexibility index (Phi) is 53.1. The molecule has 19 amide bonds. The quantitative estimate of drug-likeness (QED) is 0.0240. The average molecular weight is 2040 g/mol. The molecule has 0 aliphatic carbocycles. The van der Waals surface area contributed by atoms with Crippen molar-refractivity contribution in [1.82, 2.24) is 110 Å². The normalized spacial score (nSPS) is 15.5. The first-order valence-electron chi connectivity index (χ1n) is 48.9. The summed E-state index contributed by atoms with van der Waals surface area (Å²) in [6, 6.07) is -15.4. The van der Waals surface area contributed by atoms with Gasteiger partial charge in [0.2, 0.25) is 112 Å². The third-order valence-corrected chi connectivity index (χ3v) is 23.2. The fourth-order valence-corrected chi connectivity index (χ4v) is 15.8. The number of H-pyrrole nitrogens is 2. The van der Waals surface area contributed by atoms with E-state index in [1.54, 1.807) is 127 Å². The molecule has 0 bridgehead atoms. The number of likely N-dealkylation sites (tertiary alicyclic amines) is 1. The molecule has 2 aromatic heterocycles. The summed E-state index contributed by atoms with van der Waals surface area (Å²) < 4.78 is 0. The van der Waals surface area contributed by atoms with Gasteiger partial charge in [-0.2, -0.15) is 0 Å². The average Bonchev–Trinajstić information content (AvgIpc) is 1.68. The van der Waals surface area contributed by atoms with Crippen LogP contribution in [0.1, 0.15) is 223 Å². The van der Waals surface area contributed by atoms with Crippen molar-refractivity contribution in [3.8, 4) is 0 Å². The number of unbranched alkanes of at least 4 members (excludes halogenated alkanes) is 1. The van der Waals surface area contributed by atoms with Crippen LogP contribution in [-0.2, 0) is 125 Å². The van der Waals surface area contributed by atoms with E-state index in [1.807, 2.05) is 0 Å². The predicted octanol–water partition coefficient (Wildman–Crippen LogP) is -3.87. The van der Waals surface area contributed by atoms with Crippen LogP contribution in [-0.4, -0.2) is 293 Å². The highest BCUT2D eigenvalue weighted by Crippen LogP contribution is 2.24. The molecule has 145 heavy (non-hydrogen) atoms. The van der Waals surface area contributed by atoms with Crippen molar-refractivity contribution >= 4 is 130 Å². The maximum atomic E-state index is 15.1. The van der Waals surface area contributed by atoms with Crippen LogP contribution in [0.15, 0.2) is 55.4 Å². The van der Waals surface area contributed by atoms with Gasteiger partial charge < -0.3 is 138 Å². The number of imidazole rings is 2. The van der Waals surface area contributed by atoms with Gasteiger partial charge in [0, 0.05) is 68.9 Å². The summed E-state index contributed by atoms with van der Waals surface area (Å²) in [4.78, 5) is 319. The monoisotopic (exact) mass is 2040 g/mol. The molecular weight excluding hydrogens is 1890 g/mol. The number of aliphatic carboxylic acids is 3. The summed E-state index contributed by atoms with van der Waals surface area (Å²) in [6.07, 6.45) is 1.29. The second kappa shape index (κ2) is 62.5. The second-order valence-corrected chi connectivity index (χ2v) is 39.1. The van der Waals surface area contributed by atoms with E-state index in [0.29, 0.717) is 17.7 Å². The molecule has 3 heterocycles. The van der Waals surface area contributed by atoms with Crippen LogP contribution in [0, 0.1) is 41.4 Å². The Bertz CT molecular complexity index is 4840. The summed E-state index contributed by atoms with van der Waals surface area (Å²) in [5, 5.41) is 69.2. The molecule has 3 aromatic rings. The number of nitrogens with two attached hydrogens (primary N) is 4. The van der Waals surface area contributed by atoms with Crippen LogP contribution in [0.25, 0.3) is 0 Å². The van der Waals surface area contributed by atoms with Crippen molar-refractivity contribution in [1.29, 1.82) is 0 Å². The van der Waals surface area contributed by atoms with Gasteiger partial charge in [-0.25, -0.2) is 9.97 Å². The molecule has 4 rings (SSSR count). The number of nitrogens with zero attached hydrogens (tertiary/aromatic N) is 3. The summed E-state index contributed by atoms with van der Waals surface area (Å²) >= 11 is 0. The molecule has 16 atom stereocenters. The lowest BCUT2D eigenvalue weighted by atomic mass is 9.97. The fourth-order valence-electron chi connectivity index (χ4n) is 15.8. The van der Waals surface area contributed by atoms with Crippen LogP contribution in [0.4, 0.5) is 0 Å². The van der Waals surface area contributed by atoms with Gasteiger partial charge in [-0.1, -0.05) is 127 Å². The van der Waals surface area contributed by atoms with Gasteiger partial charge >= 0.3 is 17.9 Å². The lowest BCUT2D eigenvalue weighted by Crippen LogP contribution is -2.62. The molecule has 50 heteroatoms. The number of carbonyl (C=O) groups excluding carboxylic acids is 19. The van der Waals surface area contributed by atoms with E-state index in [-0.39, 0.29) is 132 Å². The van der Waals surface area contributed by atoms with Crippen molar-refractivity contribution in [2.75, 3.05) is 26.2 Å². The van der Waals surface area contributed by atoms with E-state index >= 15 is 4.79 Å². The molecule has 0 saturated carbocycles. The van der Waals surface area contributed by atoms with E-state index in [1.165, 1.54) is 25.0 Å². The number of carbonyl (C=O) groups is 22. The Morgan fingerprint density at radius 2 is 0.745 bits per heavy atom. The predicted molar refractivity (Wildman–Crippen MR) is 524 cm³/mol. The highest BCUT2D eigenvalue weighted by Gasteiger charge is 2.44. The first-order chi connectivity index (χ1) is 68.2. The number of carboxylic acids is 3. The van der Waals surface area contributed by atoms with E-state index in [4.69, 9.17) is 28.0 Å². The van der Waals surface area contributed by atoms with Crippen molar-refractivity contribution in [3.63, 3.8) is 0 Å². The lowest BCUT2D eigenvalue weighted by molar-refractivity contribution is -0.143. The van der Waals surface area contributed by atoms with Crippen molar-refractivity contribution in [2.45, 2.75) is 322 Å². The van der Waals surface area contributed by atoms with E-state index < -0.39 is 290 Å². The Morgan fingerprint density at radius 3 is 1.17 bits per heavy atom. The standard InChI is InChI=1S/C95H151N25O25/c1-48(2)33-62(109-87(137)64(35-50(5)6)115-93(143)78(53(11)12)118-84(134)61(27-30-76(126)127)107-82(132)59(23-18-19-31-96)106-74(123)44-102-80(130)58(97)25-29-75(124)125)85(135)111-65(36-51(7)8)91(141)119-79(54(13)14)94(144)116-68(40-57-43-101-47-105-57)89(139)114-69(41-73(99)122)90(140)117-70(37-52(9)10)95(145)120-32-20-24-71(120)92(142)108-60(26-28-72(98)121)83(133)113-67(39-56-42-100-46-104-56)88(138)110-63(34-49(3)4)86(136)112-66(81(131)103-45-77(128)129)38-55-21-16-15-17-22-55/h15-17,21-22,42-43,46-54,58-71,78-79H,18-20,23-41,44-45,96-97H2,1-14H3,(H2,98,121)(H2,99,122)(H,100,104)(H,101,105)(H,102,130)(H,103,131)(H,106,123)(H,107,132)(H,108,142)(H,109,137)(H,110,138)(H,111,135)(H,112,136)(H,113,133)(H,114,139)(H,115,143)(H,116,144)(H,117,140)(H,118,134)(H,119,141)(H,124,125)(H,126,127)(H,128,129)/t58-,59-,60-,61-,62-,63-,64-,65-,66-,67-,68-,69-,70-,71-,78-,79-/m0/s1. The van der Waals surface area contributed by atoms with Gasteiger partial charge in [0.25, 0.3) is 0 Å². The van der Waals surface area contributed by atoms with Crippen LogP contribution < -0.4 is 108 Å². The third kappa shape index (κ3) is 45.6. The van der Waals surface area contributed by atoms with Crippen LogP contribution in [0.3, 0.4) is 0 Å². The summed E-state index contributed by atoms with van der Waals surface area (Å²) in [5.41, 5.74) is 23.9. The first-order valence-corrected chi connectivity index (χ1v) is 48.9. The number of amides is 19. The van der Waals surface area contributed by atoms with Gasteiger partial charge in [-0.05, 0) is 137 Å². The van der Waals surface area contributed by atoms with E-state index in [2.05, 4.69) is 105 Å². The third-order valence-electron chi connectivity index (χ3n) is 23.2. The van der Waals surface area contributed by atoms with Gasteiger partial charge in [0.15, 0.2) is 0 Å². The number of aromatic nitrogens is 4. The number of carboxylic acid groups (broad SMARTS) is 3. The molecule has 0 unspecified atom stereocenters. The molecular formula is C95H151N25O25. The molecule has 1 saturated heterocycles. The number of hydrogen-bond donors (Lipinski definition) is 25. The molecule has 1 aliphatic rings. The SMILES string of the molecule is CC(C)C[C@H](NC(=O)[C@H](Cc1cnc[nH]1)NC(=O)[C@H](CCC(N)=O)NC(=O)[C@@H]1CCCN1C(=O)[C@H](CC(C)C)NC(=O)[C@H](CC(N)=O)NC(=O)[C@H](Cc1cnc[nH]1)NC(=O)[C@@H](NC(=O)[C@H](CC(C)C)NC(=O)[C@H](CC(C)C)NC(=O)[C@H](CC(C)C)NC(=O)[C@@H](NC(=O)[C@H](CCC(=O)O)NC(=O)[C@H](CCCCN)NC(=O)CNC(=O)[C@@H](N)CCC(=O)O)C(C)C)C(C)C)C(=O)N[C@@H](Cc1ccccc1)C(=O)NCC(=O)O. The Hall–Kier alpha value is -14.1. The smallest absolute Gasteiger partial charge is 0.322 e. The number of rotatable bonds is 67. The largest absolute Gasteiger partial charge is 0.481 e. The lowest BCUT2D eigenvalue weighted by Gasteiger charge is -2.32. The van der Waals surface area contributed by atoms with Gasteiger partial charge in [-0.15, -0.1) is 0 Å². The maximum absolute atomic E-state index is 15.1. The molecule has 0 spiro atoms. The van der Waals surface area contributed by atoms with E-state index in [9.17, 15) is 111 Å². The summed E-state index contributed by atoms with van der Waals surface area (Å²) in [5.74, 6) is -25.0. The van der Waals surface area contributed by atoms with Gasteiger partial charge in [-0.3, -0.25) is 105 Å². The van der Waals surface area contributed by atoms with Crippen molar-refractivity contribution in [2.24, 2.45) is 64.4 Å². The zero-order valence-electron chi connectivity index (χ0n) is 84.9. The second-order valence-electron chi connectivity index (χ2n) is 39.1. The molecule has 50 nitrogen and oxygen atoms in total. The Morgan fingerprint density at radius 1 is 0.379 bits per heavy atom. The first kappa shape index (κ1) is 123. The zero-order valence-corrected chi connectivity index (χ0v) is 84.9. The number of primary amides is 2. The summed E-state index contributed by atoms with van der Waals surface area (Å²) in [7, 11) is 0.